The van der Waals surface area contributed by atoms with Crippen molar-refractivity contribution in [2.45, 2.75) is 31.1 Å². The first-order chi connectivity index (χ1) is 10.0. The van der Waals surface area contributed by atoms with E-state index in [1.165, 1.54) is 0 Å². The summed E-state index contributed by atoms with van der Waals surface area (Å²) in [5.74, 6) is -1.14. The van der Waals surface area contributed by atoms with Gasteiger partial charge in [0.2, 0.25) is 5.91 Å². The number of carboxylic acid groups (broad SMARTS) is 1. The fourth-order valence-corrected chi connectivity index (χ4v) is 3.50. The molecule has 1 heterocycles. The van der Waals surface area contributed by atoms with Gasteiger partial charge in [0.1, 0.15) is 0 Å². The number of nitrogens with zero attached hydrogens (tertiary/aromatic N) is 1. The molecule has 1 saturated heterocycles. The van der Waals surface area contributed by atoms with Crippen LogP contribution in [0.4, 0.5) is 0 Å². The number of benzene rings is 1. The van der Waals surface area contributed by atoms with Crippen LogP contribution in [0.15, 0.2) is 24.3 Å². The van der Waals surface area contributed by atoms with E-state index in [-0.39, 0.29) is 5.91 Å². The molecule has 4 nitrogen and oxygen atoms in total. The molecule has 1 aromatic carbocycles. The number of rotatable bonds is 3. The van der Waals surface area contributed by atoms with Gasteiger partial charge in [-0.1, -0.05) is 30.2 Å². The Kier molecular flexibility index (Phi) is 3.66. The number of carbonyl (C=O) groups excluding carboxylic acids is 1. The molecule has 1 unspecified atom stereocenters. The van der Waals surface area contributed by atoms with Crippen molar-refractivity contribution in [3.05, 3.63) is 34.9 Å². The van der Waals surface area contributed by atoms with Crippen LogP contribution >= 0.6 is 11.6 Å². The molecule has 1 aliphatic heterocycles. The lowest BCUT2D eigenvalue weighted by atomic mass is 9.63. The van der Waals surface area contributed by atoms with Crippen LogP contribution in [-0.2, 0) is 15.0 Å². The summed E-state index contributed by atoms with van der Waals surface area (Å²) in [7, 11) is 0. The van der Waals surface area contributed by atoms with Crippen LogP contribution in [0.5, 0.6) is 0 Å². The van der Waals surface area contributed by atoms with E-state index in [2.05, 4.69) is 0 Å². The SMILES string of the molecule is O=C(O)C1CCN(C(=O)C2(c3ccc(Cl)cc3)CCC2)C1. The molecule has 2 aliphatic rings. The van der Waals surface area contributed by atoms with Crippen LogP contribution in [0.1, 0.15) is 31.2 Å². The normalized spacial score (nSPS) is 23.7. The zero-order valence-electron chi connectivity index (χ0n) is 11.7. The Balaban J connectivity index is 1.81. The lowest BCUT2D eigenvalue weighted by Gasteiger charge is -2.43. The van der Waals surface area contributed by atoms with E-state index in [1.54, 1.807) is 4.90 Å². The smallest absolute Gasteiger partial charge is 0.308 e. The molecule has 112 valence electrons. The number of carbonyl (C=O) groups is 2. The van der Waals surface area contributed by atoms with Gasteiger partial charge in [-0.3, -0.25) is 9.59 Å². The van der Waals surface area contributed by atoms with Gasteiger partial charge >= 0.3 is 5.97 Å². The Labute approximate surface area is 128 Å². The maximum Gasteiger partial charge on any atom is 0.308 e. The number of aliphatic carboxylic acids is 1. The van der Waals surface area contributed by atoms with Gasteiger partial charge < -0.3 is 10.0 Å². The number of hydrogen-bond donors (Lipinski definition) is 1. The fourth-order valence-electron chi connectivity index (χ4n) is 3.37. The molecule has 0 bridgehead atoms. The van der Waals surface area contributed by atoms with Crippen LogP contribution < -0.4 is 0 Å². The molecule has 21 heavy (non-hydrogen) atoms. The van der Waals surface area contributed by atoms with Crippen molar-refractivity contribution >= 4 is 23.5 Å². The van der Waals surface area contributed by atoms with Gasteiger partial charge in [0, 0.05) is 18.1 Å². The van der Waals surface area contributed by atoms with Crippen LogP contribution in [0.25, 0.3) is 0 Å². The van der Waals surface area contributed by atoms with Gasteiger partial charge in [-0.15, -0.1) is 0 Å². The highest BCUT2D eigenvalue weighted by molar-refractivity contribution is 6.30. The van der Waals surface area contributed by atoms with Crippen LogP contribution in [0.3, 0.4) is 0 Å². The van der Waals surface area contributed by atoms with E-state index in [0.717, 1.165) is 24.8 Å². The van der Waals surface area contributed by atoms with E-state index in [1.807, 2.05) is 24.3 Å². The third kappa shape index (κ3) is 2.42. The lowest BCUT2D eigenvalue weighted by Crippen LogP contribution is -2.50. The molecule has 1 amide bonds. The largest absolute Gasteiger partial charge is 0.481 e. The second kappa shape index (κ2) is 5.34. The van der Waals surface area contributed by atoms with Crippen molar-refractivity contribution in [2.24, 2.45) is 5.92 Å². The molecular formula is C16H18ClNO3. The highest BCUT2D eigenvalue weighted by Gasteiger charge is 2.49. The predicted octanol–water partition coefficient (Wildman–Crippen LogP) is 2.69. The highest BCUT2D eigenvalue weighted by Crippen LogP contribution is 2.46. The second-order valence-corrected chi connectivity index (χ2v) is 6.45. The Hall–Kier alpha value is -1.55. The summed E-state index contributed by atoms with van der Waals surface area (Å²) in [4.78, 5) is 25.7. The number of hydrogen-bond acceptors (Lipinski definition) is 2. The second-order valence-electron chi connectivity index (χ2n) is 6.02. The maximum atomic E-state index is 12.9. The van der Waals surface area contributed by atoms with E-state index >= 15 is 0 Å². The molecule has 1 saturated carbocycles. The molecule has 0 spiro atoms. The Morgan fingerprint density at radius 1 is 1.24 bits per heavy atom. The first-order valence-corrected chi connectivity index (χ1v) is 7.69. The average molecular weight is 308 g/mol. The number of halogens is 1. The van der Waals surface area contributed by atoms with Gasteiger partial charge in [0.25, 0.3) is 0 Å². The van der Waals surface area contributed by atoms with Crippen molar-refractivity contribution < 1.29 is 14.7 Å². The van der Waals surface area contributed by atoms with Gasteiger partial charge in [-0.2, -0.15) is 0 Å². The minimum Gasteiger partial charge on any atom is -0.481 e. The van der Waals surface area contributed by atoms with Gasteiger partial charge in [0.05, 0.1) is 11.3 Å². The summed E-state index contributed by atoms with van der Waals surface area (Å²) < 4.78 is 0. The van der Waals surface area contributed by atoms with E-state index in [9.17, 15) is 9.59 Å². The highest BCUT2D eigenvalue weighted by atomic mass is 35.5. The van der Waals surface area contributed by atoms with Crippen LogP contribution in [-0.4, -0.2) is 35.0 Å². The molecule has 1 aliphatic carbocycles. The molecular weight excluding hydrogens is 290 g/mol. The molecule has 1 N–H and O–H groups in total. The maximum absolute atomic E-state index is 12.9. The first kappa shape index (κ1) is 14.4. The molecule has 2 fully saturated rings. The zero-order chi connectivity index (χ0) is 15.0. The number of likely N-dealkylation sites (tertiary alicyclic amines) is 1. The lowest BCUT2D eigenvalue weighted by molar-refractivity contribution is -0.142. The monoisotopic (exact) mass is 307 g/mol. The Morgan fingerprint density at radius 2 is 1.90 bits per heavy atom. The first-order valence-electron chi connectivity index (χ1n) is 7.31. The molecule has 1 aromatic rings. The van der Waals surface area contributed by atoms with Crippen molar-refractivity contribution in [1.82, 2.24) is 4.90 Å². The summed E-state index contributed by atoms with van der Waals surface area (Å²) in [5.41, 5.74) is 0.541. The van der Waals surface area contributed by atoms with E-state index in [4.69, 9.17) is 16.7 Å². The molecule has 5 heteroatoms. The molecule has 0 radical (unpaired) electrons. The minimum absolute atomic E-state index is 0.0832. The van der Waals surface area contributed by atoms with E-state index in [0.29, 0.717) is 24.5 Å². The third-order valence-corrected chi connectivity index (χ3v) is 5.09. The quantitative estimate of drug-likeness (QED) is 0.934. The Morgan fingerprint density at radius 3 is 2.38 bits per heavy atom. The Bertz CT molecular complexity index is 565. The van der Waals surface area contributed by atoms with Crippen molar-refractivity contribution in [3.8, 4) is 0 Å². The van der Waals surface area contributed by atoms with E-state index < -0.39 is 17.3 Å². The summed E-state index contributed by atoms with van der Waals surface area (Å²) in [6.07, 6.45) is 3.26. The topological polar surface area (TPSA) is 57.6 Å². The van der Waals surface area contributed by atoms with Crippen LogP contribution in [0.2, 0.25) is 5.02 Å². The molecule has 1 atom stereocenters. The van der Waals surface area contributed by atoms with Gasteiger partial charge in [-0.25, -0.2) is 0 Å². The summed E-state index contributed by atoms with van der Waals surface area (Å²) >= 11 is 5.92. The summed E-state index contributed by atoms with van der Waals surface area (Å²) in [6, 6.07) is 7.47. The number of carboxylic acids is 1. The standard InChI is InChI=1S/C16H18ClNO3/c17-13-4-2-12(3-5-13)16(7-1-8-16)15(21)18-9-6-11(10-18)14(19)20/h2-5,11H,1,6-10H2,(H,19,20). The van der Waals surface area contributed by atoms with Gasteiger partial charge in [-0.05, 0) is 37.0 Å². The third-order valence-electron chi connectivity index (χ3n) is 4.84. The summed E-state index contributed by atoms with van der Waals surface area (Å²) in [5, 5.41) is 9.74. The molecule has 3 rings (SSSR count). The van der Waals surface area contributed by atoms with Crippen LogP contribution in [0, 0.1) is 5.92 Å². The summed E-state index contributed by atoms with van der Waals surface area (Å²) in [6.45, 7) is 0.884. The fraction of sp³-hybridized carbons (Fsp3) is 0.500. The van der Waals surface area contributed by atoms with Crippen molar-refractivity contribution in [2.75, 3.05) is 13.1 Å². The predicted molar refractivity (Wildman–Crippen MR) is 79.3 cm³/mol. The van der Waals surface area contributed by atoms with Crippen molar-refractivity contribution in [1.29, 1.82) is 0 Å². The minimum atomic E-state index is -0.806. The zero-order valence-corrected chi connectivity index (χ0v) is 12.5. The van der Waals surface area contributed by atoms with Gasteiger partial charge in [0.15, 0.2) is 0 Å². The van der Waals surface area contributed by atoms with Crippen molar-refractivity contribution in [3.63, 3.8) is 0 Å². The number of amides is 1. The molecule has 0 aromatic heterocycles. The average Bonchev–Trinajstić information content (AvgIpc) is 2.89.